The van der Waals surface area contributed by atoms with Gasteiger partial charge in [0.15, 0.2) is 5.96 Å². The van der Waals surface area contributed by atoms with Crippen molar-refractivity contribution < 1.29 is 8.95 Å². The molecular formula is C22H32IN3O2S. The number of hydrogen-bond donors (Lipinski definition) is 2. The number of nitrogens with zero attached hydrogens (tertiary/aromatic N) is 1. The molecule has 0 saturated carbocycles. The first-order valence-electron chi connectivity index (χ1n) is 9.68. The molecule has 0 aromatic heterocycles. The topological polar surface area (TPSA) is 62.7 Å². The van der Waals surface area contributed by atoms with Crippen LogP contribution in [0.25, 0.3) is 0 Å². The van der Waals surface area contributed by atoms with Crippen molar-refractivity contribution in [3.05, 3.63) is 65.2 Å². The van der Waals surface area contributed by atoms with Crippen molar-refractivity contribution in [1.82, 2.24) is 10.6 Å². The molecule has 2 aromatic rings. The van der Waals surface area contributed by atoms with Gasteiger partial charge in [0.1, 0.15) is 5.75 Å². The van der Waals surface area contributed by atoms with Crippen LogP contribution in [0.1, 0.15) is 30.0 Å². The van der Waals surface area contributed by atoms with Gasteiger partial charge in [0, 0.05) is 48.0 Å². The molecule has 0 fully saturated rings. The molecule has 0 aliphatic carbocycles. The average Bonchev–Trinajstić information content (AvgIpc) is 2.70. The first kappa shape index (κ1) is 25.4. The molecule has 7 heteroatoms. The monoisotopic (exact) mass is 529 g/mol. The van der Waals surface area contributed by atoms with E-state index in [1.165, 1.54) is 5.56 Å². The second-order valence-electron chi connectivity index (χ2n) is 6.59. The number of aliphatic imine (C=N–C) groups is 1. The zero-order valence-electron chi connectivity index (χ0n) is 17.4. The summed E-state index contributed by atoms with van der Waals surface area (Å²) in [7, 11) is 0.831. The fraction of sp³-hybridized carbons (Fsp3) is 0.409. The molecule has 5 nitrogen and oxygen atoms in total. The van der Waals surface area contributed by atoms with E-state index in [-0.39, 0.29) is 24.0 Å². The van der Waals surface area contributed by atoms with Crippen LogP contribution in [0.2, 0.25) is 0 Å². The Bertz CT molecular complexity index is 785. The molecule has 2 aromatic carbocycles. The van der Waals surface area contributed by atoms with Gasteiger partial charge < -0.3 is 15.4 Å². The minimum absolute atomic E-state index is 0. The third kappa shape index (κ3) is 9.62. The molecule has 0 heterocycles. The number of benzene rings is 2. The van der Waals surface area contributed by atoms with Gasteiger partial charge in [-0.1, -0.05) is 49.4 Å². The van der Waals surface area contributed by atoms with Crippen LogP contribution in [-0.2, 0) is 23.1 Å². The highest BCUT2D eigenvalue weighted by atomic mass is 127. The zero-order chi connectivity index (χ0) is 20.2. The zero-order valence-corrected chi connectivity index (χ0v) is 20.6. The number of ether oxygens (including phenoxy) is 1. The van der Waals surface area contributed by atoms with Crippen LogP contribution in [0.3, 0.4) is 0 Å². The Hall–Kier alpha value is -1.61. The smallest absolute Gasteiger partial charge is 0.191 e. The molecular weight excluding hydrogens is 497 g/mol. The van der Waals surface area contributed by atoms with Gasteiger partial charge in [-0.3, -0.25) is 9.20 Å². The van der Waals surface area contributed by atoms with Crippen LogP contribution in [0.4, 0.5) is 0 Å². The van der Waals surface area contributed by atoms with E-state index in [0.717, 1.165) is 23.3 Å². The van der Waals surface area contributed by atoms with Crippen LogP contribution in [-0.4, -0.2) is 36.1 Å². The summed E-state index contributed by atoms with van der Waals surface area (Å²) in [5.41, 5.74) is 3.37. The predicted octanol–water partition coefficient (Wildman–Crippen LogP) is 4.02. The standard InChI is InChI=1S/C22H31N3O2S.HI/c1-4-13-27-21-15-18(2)10-11-20(21)16-25-22(23-3)24-12-14-28(26)17-19-8-6-5-7-9-19;/h5-11,15H,4,12-14,16-17H2,1-3H3,(H2,23,24,25);1H. The molecule has 0 saturated heterocycles. The SMILES string of the molecule is CCCOc1cc(C)ccc1CNC(=NC)NCCS(=O)Cc1ccccc1.I. The summed E-state index contributed by atoms with van der Waals surface area (Å²) >= 11 is 0. The molecule has 0 radical (unpaired) electrons. The van der Waals surface area contributed by atoms with Gasteiger partial charge >= 0.3 is 0 Å². The van der Waals surface area contributed by atoms with Gasteiger partial charge in [-0.2, -0.15) is 0 Å². The summed E-state index contributed by atoms with van der Waals surface area (Å²) in [6.45, 7) is 6.09. The van der Waals surface area contributed by atoms with Gasteiger partial charge in [-0.25, -0.2) is 0 Å². The molecule has 0 aliphatic rings. The van der Waals surface area contributed by atoms with Gasteiger partial charge in [0.05, 0.1) is 6.61 Å². The maximum Gasteiger partial charge on any atom is 0.191 e. The van der Waals surface area contributed by atoms with E-state index in [4.69, 9.17) is 4.74 Å². The van der Waals surface area contributed by atoms with Crippen molar-refractivity contribution in [2.24, 2.45) is 4.99 Å². The van der Waals surface area contributed by atoms with E-state index in [0.29, 0.717) is 37.2 Å². The predicted molar refractivity (Wildman–Crippen MR) is 134 cm³/mol. The fourth-order valence-electron chi connectivity index (χ4n) is 2.67. The van der Waals surface area contributed by atoms with Crippen molar-refractivity contribution in [1.29, 1.82) is 0 Å². The van der Waals surface area contributed by atoms with Crippen LogP contribution in [0.5, 0.6) is 5.75 Å². The lowest BCUT2D eigenvalue weighted by Gasteiger charge is -2.15. The molecule has 160 valence electrons. The average molecular weight is 529 g/mol. The Kier molecular flexibility index (Phi) is 12.6. The van der Waals surface area contributed by atoms with E-state index in [1.54, 1.807) is 7.05 Å². The summed E-state index contributed by atoms with van der Waals surface area (Å²) in [6.07, 6.45) is 0.976. The molecule has 2 rings (SSSR count). The molecule has 29 heavy (non-hydrogen) atoms. The summed E-state index contributed by atoms with van der Waals surface area (Å²) < 4.78 is 18.1. The summed E-state index contributed by atoms with van der Waals surface area (Å²) in [5, 5.41) is 6.54. The summed E-state index contributed by atoms with van der Waals surface area (Å²) in [5.74, 6) is 2.76. The minimum Gasteiger partial charge on any atom is -0.493 e. The van der Waals surface area contributed by atoms with E-state index >= 15 is 0 Å². The van der Waals surface area contributed by atoms with Crippen molar-refractivity contribution >= 4 is 40.7 Å². The fourth-order valence-corrected chi connectivity index (χ4v) is 3.71. The second-order valence-corrected chi connectivity index (χ2v) is 8.16. The lowest BCUT2D eigenvalue weighted by Crippen LogP contribution is -2.38. The highest BCUT2D eigenvalue weighted by molar-refractivity contribution is 14.0. The Morgan fingerprint density at radius 1 is 1.14 bits per heavy atom. The molecule has 1 unspecified atom stereocenters. The van der Waals surface area contributed by atoms with Crippen LogP contribution in [0.15, 0.2) is 53.5 Å². The molecule has 0 spiro atoms. The molecule has 0 amide bonds. The molecule has 1 atom stereocenters. The number of hydrogen-bond acceptors (Lipinski definition) is 3. The lowest BCUT2D eigenvalue weighted by molar-refractivity contribution is 0.313. The van der Waals surface area contributed by atoms with Crippen molar-refractivity contribution in [3.63, 3.8) is 0 Å². The number of guanidine groups is 1. The van der Waals surface area contributed by atoms with E-state index in [1.807, 2.05) is 30.3 Å². The Balaban J connectivity index is 0.00000420. The van der Waals surface area contributed by atoms with E-state index in [9.17, 15) is 4.21 Å². The lowest BCUT2D eigenvalue weighted by atomic mass is 10.1. The Morgan fingerprint density at radius 2 is 1.90 bits per heavy atom. The largest absolute Gasteiger partial charge is 0.493 e. The number of aryl methyl sites for hydroxylation is 1. The van der Waals surface area contributed by atoms with Gasteiger partial charge in [0.25, 0.3) is 0 Å². The molecule has 2 N–H and O–H groups in total. The maximum absolute atomic E-state index is 12.2. The van der Waals surface area contributed by atoms with Crippen LogP contribution >= 0.6 is 24.0 Å². The van der Waals surface area contributed by atoms with Crippen molar-refractivity contribution in [2.45, 2.75) is 32.6 Å². The second kappa shape index (κ2) is 14.4. The third-order valence-electron chi connectivity index (χ3n) is 4.15. The van der Waals surface area contributed by atoms with Crippen LogP contribution < -0.4 is 15.4 Å². The third-order valence-corrected chi connectivity index (χ3v) is 5.46. The Morgan fingerprint density at radius 3 is 2.59 bits per heavy atom. The van der Waals surface area contributed by atoms with Crippen molar-refractivity contribution in [2.75, 3.05) is 26.0 Å². The van der Waals surface area contributed by atoms with Crippen LogP contribution in [0, 0.1) is 6.92 Å². The number of halogens is 1. The minimum atomic E-state index is -0.905. The summed E-state index contributed by atoms with van der Waals surface area (Å²) in [6, 6.07) is 16.2. The number of nitrogens with one attached hydrogen (secondary N) is 2. The number of rotatable bonds is 10. The van der Waals surface area contributed by atoms with E-state index < -0.39 is 10.8 Å². The van der Waals surface area contributed by atoms with Gasteiger partial charge in [-0.05, 0) is 30.5 Å². The van der Waals surface area contributed by atoms with E-state index in [2.05, 4.69) is 47.7 Å². The summed E-state index contributed by atoms with van der Waals surface area (Å²) in [4.78, 5) is 4.25. The molecule has 0 aliphatic heterocycles. The first-order chi connectivity index (χ1) is 13.6. The quantitative estimate of drug-likeness (QED) is 0.278. The Labute approximate surface area is 194 Å². The molecule has 0 bridgehead atoms. The highest BCUT2D eigenvalue weighted by Crippen LogP contribution is 2.20. The van der Waals surface area contributed by atoms with Gasteiger partial charge in [0.2, 0.25) is 0 Å². The highest BCUT2D eigenvalue weighted by Gasteiger charge is 2.07. The maximum atomic E-state index is 12.2. The first-order valence-corrected chi connectivity index (χ1v) is 11.2. The normalized spacial score (nSPS) is 12.0. The van der Waals surface area contributed by atoms with Crippen molar-refractivity contribution in [3.8, 4) is 5.75 Å². The van der Waals surface area contributed by atoms with Gasteiger partial charge in [-0.15, -0.1) is 24.0 Å².